The number of hydrogen-bond acceptors (Lipinski definition) is 5. The van der Waals surface area contributed by atoms with E-state index in [-0.39, 0.29) is 18.2 Å². The molecule has 0 aliphatic rings. The summed E-state index contributed by atoms with van der Waals surface area (Å²) in [6.45, 7) is 0. The van der Waals surface area contributed by atoms with Gasteiger partial charge in [-0.15, -0.1) is 0 Å². The third-order valence-electron chi connectivity index (χ3n) is 4.67. The Labute approximate surface area is 198 Å². The van der Waals surface area contributed by atoms with Crippen LogP contribution in [0.5, 0.6) is 0 Å². The molecule has 37 heavy (non-hydrogen) atoms. The summed E-state index contributed by atoms with van der Waals surface area (Å²) >= 11 is 0. The van der Waals surface area contributed by atoms with Gasteiger partial charge >= 0.3 is 18.5 Å². The van der Waals surface area contributed by atoms with E-state index in [2.05, 4.69) is 0 Å². The Kier molecular flexibility index (Phi) is 7.25. The SMILES string of the molecule is N#CC(C#N)=c1cc(C#N)/c(=C(/C#N)c2cc(C(F)(F)F)c(C#N)c(C(F)(F)F)c2)c(F)c1C(F)(F)F. The molecule has 0 saturated carbocycles. The van der Waals surface area contributed by atoms with Crippen molar-refractivity contribution in [2.75, 3.05) is 0 Å². The Balaban J connectivity index is 3.41. The lowest BCUT2D eigenvalue weighted by atomic mass is 9.91. The van der Waals surface area contributed by atoms with Crippen LogP contribution in [0.15, 0.2) is 18.2 Å². The zero-order valence-corrected chi connectivity index (χ0v) is 17.2. The van der Waals surface area contributed by atoms with E-state index in [1.54, 1.807) is 0 Å². The molecule has 0 atom stereocenters. The van der Waals surface area contributed by atoms with Gasteiger partial charge in [-0.3, -0.25) is 0 Å². The van der Waals surface area contributed by atoms with Crippen LogP contribution in [0.2, 0.25) is 0 Å². The monoisotopic (exact) mass is 527 g/mol. The molecule has 0 bridgehead atoms. The summed E-state index contributed by atoms with van der Waals surface area (Å²) in [6, 6.07) is 4.74. The highest BCUT2D eigenvalue weighted by Gasteiger charge is 2.42. The fourth-order valence-corrected chi connectivity index (χ4v) is 3.22. The lowest BCUT2D eigenvalue weighted by molar-refractivity contribution is -0.143. The van der Waals surface area contributed by atoms with Crippen molar-refractivity contribution in [2.45, 2.75) is 18.5 Å². The first-order chi connectivity index (χ1) is 17.0. The second-order valence-electron chi connectivity index (χ2n) is 6.78. The van der Waals surface area contributed by atoms with Crippen LogP contribution in [0, 0.1) is 62.5 Å². The lowest BCUT2D eigenvalue weighted by Crippen LogP contribution is -2.32. The number of rotatable bonds is 1. The third kappa shape index (κ3) is 5.15. The van der Waals surface area contributed by atoms with Gasteiger partial charge in [-0.1, -0.05) is 0 Å². The lowest BCUT2D eigenvalue weighted by Gasteiger charge is -2.17. The van der Waals surface area contributed by atoms with Gasteiger partial charge in [0.25, 0.3) is 0 Å². The van der Waals surface area contributed by atoms with E-state index in [1.165, 1.54) is 0 Å². The van der Waals surface area contributed by atoms with Crippen molar-refractivity contribution < 1.29 is 43.9 Å². The van der Waals surface area contributed by atoms with Gasteiger partial charge < -0.3 is 0 Å². The van der Waals surface area contributed by atoms with E-state index in [9.17, 15) is 50.0 Å². The van der Waals surface area contributed by atoms with Crippen molar-refractivity contribution in [3.8, 4) is 30.3 Å². The summed E-state index contributed by atoms with van der Waals surface area (Å²) in [5.41, 5.74) is -14.3. The molecular weight excluding hydrogens is 524 g/mol. The van der Waals surface area contributed by atoms with Gasteiger partial charge in [-0.05, 0) is 23.8 Å². The number of hydrogen-bond donors (Lipinski definition) is 0. The first-order valence-electron chi connectivity index (χ1n) is 8.99. The Bertz CT molecular complexity index is 1590. The van der Waals surface area contributed by atoms with Gasteiger partial charge in [-0.25, -0.2) is 4.39 Å². The molecule has 0 fully saturated rings. The third-order valence-corrected chi connectivity index (χ3v) is 4.67. The molecule has 0 unspecified atom stereocenters. The molecule has 0 radical (unpaired) electrons. The highest BCUT2D eigenvalue weighted by Crippen LogP contribution is 2.41. The van der Waals surface area contributed by atoms with Crippen LogP contribution < -0.4 is 10.4 Å². The van der Waals surface area contributed by atoms with Gasteiger partial charge in [0.1, 0.15) is 41.2 Å². The van der Waals surface area contributed by atoms with E-state index < -0.39 is 79.3 Å². The van der Waals surface area contributed by atoms with Crippen molar-refractivity contribution in [1.29, 1.82) is 26.3 Å². The van der Waals surface area contributed by atoms with Crippen molar-refractivity contribution >= 4 is 11.1 Å². The van der Waals surface area contributed by atoms with E-state index in [1.807, 2.05) is 0 Å². The van der Waals surface area contributed by atoms with Crippen LogP contribution in [0.4, 0.5) is 43.9 Å². The van der Waals surface area contributed by atoms with Crippen LogP contribution >= 0.6 is 0 Å². The molecule has 0 N–H and O–H groups in total. The molecule has 0 aromatic heterocycles. The van der Waals surface area contributed by atoms with E-state index in [4.69, 9.17) is 15.8 Å². The predicted octanol–water partition coefficient (Wildman–Crippen LogP) is 4.55. The molecule has 0 saturated heterocycles. The predicted molar refractivity (Wildman–Crippen MR) is 99.3 cm³/mol. The first-order valence-corrected chi connectivity index (χ1v) is 8.99. The van der Waals surface area contributed by atoms with Crippen molar-refractivity contribution in [3.63, 3.8) is 0 Å². The van der Waals surface area contributed by atoms with Gasteiger partial charge in [-0.2, -0.15) is 65.8 Å². The molecule has 2 aromatic carbocycles. The maximum absolute atomic E-state index is 15.3. The summed E-state index contributed by atoms with van der Waals surface area (Å²) in [4.78, 5) is 0. The average molecular weight is 527 g/mol. The highest BCUT2D eigenvalue weighted by molar-refractivity contribution is 5.80. The van der Waals surface area contributed by atoms with Crippen LogP contribution in [-0.2, 0) is 18.5 Å². The maximum Gasteiger partial charge on any atom is 0.419 e. The van der Waals surface area contributed by atoms with Gasteiger partial charge in [0.15, 0.2) is 0 Å². The Morgan fingerprint density at radius 2 is 1.14 bits per heavy atom. The summed E-state index contributed by atoms with van der Waals surface area (Å²) < 4.78 is 137. The zero-order chi connectivity index (χ0) is 28.5. The minimum atomic E-state index is -5.71. The van der Waals surface area contributed by atoms with Crippen molar-refractivity contribution in [3.05, 3.63) is 67.8 Å². The fraction of sp³-hybridized carbons (Fsp3) is 0.136. The van der Waals surface area contributed by atoms with Gasteiger partial charge in [0, 0.05) is 10.4 Å². The quantitative estimate of drug-likeness (QED) is 0.505. The van der Waals surface area contributed by atoms with E-state index in [0.717, 1.165) is 30.3 Å². The highest BCUT2D eigenvalue weighted by atomic mass is 19.4. The summed E-state index contributed by atoms with van der Waals surface area (Å²) in [6.07, 6.45) is -17.0. The molecule has 2 aromatic rings. The molecule has 5 nitrogen and oxygen atoms in total. The summed E-state index contributed by atoms with van der Waals surface area (Å²) in [5.74, 6) is -2.51. The molecular formula is C22H3F10N5. The normalized spacial score (nSPS) is 12.4. The number of alkyl halides is 9. The molecule has 0 aliphatic carbocycles. The molecule has 0 spiro atoms. The molecule has 0 amide bonds. The van der Waals surface area contributed by atoms with Crippen molar-refractivity contribution in [1.82, 2.24) is 0 Å². The summed E-state index contributed by atoms with van der Waals surface area (Å²) in [5, 5.41) is 42.4. The minimum Gasteiger partial charge on any atom is -0.206 e. The summed E-state index contributed by atoms with van der Waals surface area (Å²) in [7, 11) is 0. The molecule has 0 aliphatic heterocycles. The van der Waals surface area contributed by atoms with E-state index in [0.29, 0.717) is 0 Å². The van der Waals surface area contributed by atoms with Crippen LogP contribution in [0.25, 0.3) is 11.1 Å². The first kappa shape index (κ1) is 28.2. The Hall–Kier alpha value is -5.07. The standard InChI is InChI=1S/C22H3F10N5/c23-19-17(10(4-33)1-12(11(5-34)6-35)18(19)22(30,31)32)13(7-36)9-2-15(20(24,25)26)14(8-37)16(3-9)21(27,28)29/h1-3H/b17-13+. The molecule has 2 rings (SSSR count). The minimum absolute atomic E-state index is 0.152. The number of benzene rings is 2. The molecule has 186 valence electrons. The second-order valence-corrected chi connectivity index (χ2v) is 6.78. The number of halogens is 10. The number of nitriles is 5. The van der Waals surface area contributed by atoms with Gasteiger partial charge in [0.05, 0.1) is 33.9 Å². The zero-order valence-electron chi connectivity index (χ0n) is 17.2. The topological polar surface area (TPSA) is 119 Å². The fourth-order valence-electron chi connectivity index (χ4n) is 3.22. The van der Waals surface area contributed by atoms with Crippen molar-refractivity contribution in [2.24, 2.45) is 0 Å². The Morgan fingerprint density at radius 1 is 0.649 bits per heavy atom. The van der Waals surface area contributed by atoms with Crippen LogP contribution in [0.3, 0.4) is 0 Å². The maximum atomic E-state index is 15.3. The smallest absolute Gasteiger partial charge is 0.206 e. The van der Waals surface area contributed by atoms with Gasteiger partial charge in [0.2, 0.25) is 0 Å². The average Bonchev–Trinajstić information content (AvgIpc) is 2.78. The largest absolute Gasteiger partial charge is 0.419 e. The Morgan fingerprint density at radius 3 is 1.46 bits per heavy atom. The molecule has 15 heteroatoms. The van der Waals surface area contributed by atoms with Crippen LogP contribution in [0.1, 0.15) is 33.4 Å². The van der Waals surface area contributed by atoms with E-state index >= 15 is 4.39 Å². The number of nitrogens with zero attached hydrogens (tertiary/aromatic N) is 5. The second kappa shape index (κ2) is 9.53. The molecule has 0 heterocycles. The van der Waals surface area contributed by atoms with Crippen LogP contribution in [-0.4, -0.2) is 0 Å².